The SMILES string of the molecule is CC[C@H]1O[C@@H](n2nnc3c(Cl)nc(Cl)nc32)[C@H](OC(C)=O)[C@@H]1C. The van der Waals surface area contributed by atoms with Gasteiger partial charge in [0.1, 0.15) is 0 Å². The lowest BCUT2D eigenvalue weighted by Crippen LogP contribution is -2.30. The molecule has 1 saturated heterocycles. The third-order valence-corrected chi connectivity index (χ3v) is 4.33. The van der Waals surface area contributed by atoms with Crippen LogP contribution in [-0.2, 0) is 14.3 Å². The van der Waals surface area contributed by atoms with Gasteiger partial charge in [-0.05, 0) is 18.0 Å². The highest BCUT2D eigenvalue weighted by atomic mass is 35.5. The second-order valence-electron chi connectivity index (χ2n) is 5.40. The Morgan fingerprint density at radius 3 is 2.78 bits per heavy atom. The number of ether oxygens (including phenoxy) is 2. The Morgan fingerprint density at radius 2 is 2.13 bits per heavy atom. The van der Waals surface area contributed by atoms with E-state index in [1.165, 1.54) is 11.6 Å². The molecule has 124 valence electrons. The van der Waals surface area contributed by atoms with Crippen molar-refractivity contribution in [3.63, 3.8) is 0 Å². The van der Waals surface area contributed by atoms with Gasteiger partial charge in [-0.25, -0.2) is 4.98 Å². The zero-order valence-electron chi connectivity index (χ0n) is 12.7. The number of rotatable bonds is 3. The molecular formula is C13H15Cl2N5O3. The number of hydrogen-bond donors (Lipinski definition) is 0. The molecule has 0 N–H and O–H groups in total. The summed E-state index contributed by atoms with van der Waals surface area (Å²) in [5, 5.41) is 8.10. The summed E-state index contributed by atoms with van der Waals surface area (Å²) in [4.78, 5) is 19.4. The van der Waals surface area contributed by atoms with E-state index in [1.807, 2.05) is 13.8 Å². The van der Waals surface area contributed by atoms with Gasteiger partial charge >= 0.3 is 5.97 Å². The molecule has 0 unspecified atom stereocenters. The molecule has 0 bridgehead atoms. The first-order valence-electron chi connectivity index (χ1n) is 7.19. The van der Waals surface area contributed by atoms with E-state index in [2.05, 4.69) is 20.3 Å². The number of aromatic nitrogens is 5. The van der Waals surface area contributed by atoms with Crippen LogP contribution in [0.3, 0.4) is 0 Å². The molecule has 3 heterocycles. The van der Waals surface area contributed by atoms with Crippen molar-refractivity contribution in [2.24, 2.45) is 5.92 Å². The Kier molecular flexibility index (Phi) is 4.39. The molecule has 1 aliphatic heterocycles. The zero-order valence-corrected chi connectivity index (χ0v) is 14.2. The summed E-state index contributed by atoms with van der Waals surface area (Å²) in [5.74, 6) is -0.386. The molecule has 3 rings (SSSR count). The summed E-state index contributed by atoms with van der Waals surface area (Å²) < 4.78 is 12.9. The van der Waals surface area contributed by atoms with E-state index >= 15 is 0 Å². The average Bonchev–Trinajstić information content (AvgIpc) is 3.01. The Bertz CT molecular complexity index is 753. The monoisotopic (exact) mass is 359 g/mol. The average molecular weight is 360 g/mol. The number of hydrogen-bond acceptors (Lipinski definition) is 7. The van der Waals surface area contributed by atoms with Crippen molar-refractivity contribution in [3.8, 4) is 0 Å². The summed E-state index contributed by atoms with van der Waals surface area (Å²) in [7, 11) is 0. The minimum Gasteiger partial charge on any atom is -0.457 e. The van der Waals surface area contributed by atoms with Crippen LogP contribution >= 0.6 is 23.2 Å². The Hall–Kier alpha value is -1.51. The lowest BCUT2D eigenvalue weighted by Gasteiger charge is -2.20. The summed E-state index contributed by atoms with van der Waals surface area (Å²) >= 11 is 11.9. The third-order valence-electron chi connectivity index (χ3n) is 3.90. The van der Waals surface area contributed by atoms with Crippen LogP contribution in [0.4, 0.5) is 0 Å². The normalized spacial score (nSPS) is 27.5. The molecule has 23 heavy (non-hydrogen) atoms. The fourth-order valence-corrected chi connectivity index (χ4v) is 3.23. The van der Waals surface area contributed by atoms with E-state index in [-0.39, 0.29) is 28.4 Å². The second-order valence-corrected chi connectivity index (χ2v) is 6.09. The molecule has 0 saturated carbocycles. The Balaban J connectivity index is 2.06. The fraction of sp³-hybridized carbons (Fsp3) is 0.615. The molecule has 0 amide bonds. The zero-order chi connectivity index (χ0) is 16.7. The Labute approximate surface area is 142 Å². The van der Waals surface area contributed by atoms with Gasteiger partial charge in [0.05, 0.1) is 6.10 Å². The Morgan fingerprint density at radius 1 is 1.39 bits per heavy atom. The molecule has 0 aromatic carbocycles. The van der Waals surface area contributed by atoms with Crippen molar-refractivity contribution in [2.75, 3.05) is 0 Å². The van der Waals surface area contributed by atoms with Crippen LogP contribution < -0.4 is 0 Å². The van der Waals surface area contributed by atoms with Gasteiger partial charge in [0.2, 0.25) is 5.28 Å². The van der Waals surface area contributed by atoms with Crippen molar-refractivity contribution in [1.82, 2.24) is 25.0 Å². The van der Waals surface area contributed by atoms with E-state index < -0.39 is 12.3 Å². The standard InChI is InChI=1S/C13H15Cl2N5O3/c1-4-7-5(2)9(22-6(3)21)12(23-7)20-11-8(18-19-20)10(14)16-13(15)17-11/h5,7,9,12H,4H2,1-3H3/t5-,7-,9-,12-/m1/s1. The first-order valence-corrected chi connectivity index (χ1v) is 7.94. The van der Waals surface area contributed by atoms with Crippen molar-refractivity contribution in [2.45, 2.75) is 45.6 Å². The number of carbonyl (C=O) groups is 1. The van der Waals surface area contributed by atoms with Gasteiger partial charge in [-0.1, -0.05) is 30.7 Å². The molecule has 10 heteroatoms. The molecule has 0 spiro atoms. The molecule has 2 aromatic heterocycles. The summed E-state index contributed by atoms with van der Waals surface area (Å²) in [6.07, 6.45) is -0.449. The predicted molar refractivity (Wildman–Crippen MR) is 82.1 cm³/mol. The summed E-state index contributed by atoms with van der Waals surface area (Å²) in [5.41, 5.74) is 0.648. The maximum absolute atomic E-state index is 11.4. The van der Waals surface area contributed by atoms with Gasteiger partial charge < -0.3 is 9.47 Å². The minimum atomic E-state index is -0.647. The van der Waals surface area contributed by atoms with Crippen LogP contribution in [0.1, 0.15) is 33.4 Å². The number of fused-ring (bicyclic) bond motifs is 1. The van der Waals surface area contributed by atoms with Crippen LogP contribution in [0.25, 0.3) is 11.2 Å². The maximum Gasteiger partial charge on any atom is 0.303 e. The topological polar surface area (TPSA) is 92.0 Å². The predicted octanol–water partition coefficient (Wildman–Crippen LogP) is 2.40. The molecule has 1 aliphatic rings. The van der Waals surface area contributed by atoms with Crippen molar-refractivity contribution in [3.05, 3.63) is 10.4 Å². The van der Waals surface area contributed by atoms with Crippen LogP contribution in [0.15, 0.2) is 0 Å². The third kappa shape index (κ3) is 2.86. The van der Waals surface area contributed by atoms with Crippen molar-refractivity contribution in [1.29, 1.82) is 0 Å². The molecule has 0 aliphatic carbocycles. The van der Waals surface area contributed by atoms with Gasteiger partial charge in [-0.3, -0.25) is 4.79 Å². The highest BCUT2D eigenvalue weighted by molar-refractivity contribution is 6.35. The highest BCUT2D eigenvalue weighted by Gasteiger charge is 2.45. The van der Waals surface area contributed by atoms with E-state index in [9.17, 15) is 4.79 Å². The molecule has 4 atom stereocenters. The molecule has 2 aromatic rings. The van der Waals surface area contributed by atoms with Gasteiger partial charge in [0.15, 0.2) is 28.6 Å². The summed E-state index contributed by atoms with van der Waals surface area (Å²) in [6, 6.07) is 0. The van der Waals surface area contributed by atoms with Gasteiger partial charge in [0.25, 0.3) is 0 Å². The summed E-state index contributed by atoms with van der Waals surface area (Å²) in [6.45, 7) is 5.33. The quantitative estimate of drug-likeness (QED) is 0.471. The van der Waals surface area contributed by atoms with Gasteiger partial charge in [0, 0.05) is 12.8 Å². The van der Waals surface area contributed by atoms with E-state index in [0.29, 0.717) is 11.2 Å². The number of halogens is 2. The lowest BCUT2D eigenvalue weighted by atomic mass is 9.98. The first-order chi connectivity index (χ1) is 10.9. The van der Waals surface area contributed by atoms with Crippen LogP contribution in [0.5, 0.6) is 0 Å². The lowest BCUT2D eigenvalue weighted by molar-refractivity contribution is -0.154. The molecule has 8 nitrogen and oxygen atoms in total. The highest BCUT2D eigenvalue weighted by Crippen LogP contribution is 2.38. The first kappa shape index (κ1) is 16.4. The van der Waals surface area contributed by atoms with Crippen molar-refractivity contribution < 1.29 is 14.3 Å². The molecule has 1 fully saturated rings. The second kappa shape index (κ2) is 6.18. The largest absolute Gasteiger partial charge is 0.457 e. The van der Waals surface area contributed by atoms with Crippen molar-refractivity contribution >= 4 is 40.3 Å². The van der Waals surface area contributed by atoms with E-state index in [1.54, 1.807) is 0 Å². The van der Waals surface area contributed by atoms with Crippen LogP contribution in [-0.4, -0.2) is 43.1 Å². The number of nitrogens with zero attached hydrogens (tertiary/aromatic N) is 5. The van der Waals surface area contributed by atoms with Gasteiger partial charge in [-0.15, -0.1) is 5.10 Å². The van der Waals surface area contributed by atoms with Gasteiger partial charge in [-0.2, -0.15) is 9.67 Å². The van der Waals surface area contributed by atoms with E-state index in [4.69, 9.17) is 32.7 Å². The maximum atomic E-state index is 11.4. The number of carbonyl (C=O) groups excluding carboxylic acids is 1. The smallest absolute Gasteiger partial charge is 0.303 e. The van der Waals surface area contributed by atoms with E-state index in [0.717, 1.165) is 6.42 Å². The fourth-order valence-electron chi connectivity index (χ4n) is 2.82. The minimum absolute atomic E-state index is 0.000862. The molecular weight excluding hydrogens is 345 g/mol. The van der Waals surface area contributed by atoms with Crippen LogP contribution in [0.2, 0.25) is 10.4 Å². The van der Waals surface area contributed by atoms with Crippen LogP contribution in [0, 0.1) is 5.92 Å². The molecule has 0 radical (unpaired) electrons. The number of esters is 1.